The van der Waals surface area contributed by atoms with Crippen molar-refractivity contribution >= 4 is 34.4 Å². The first-order chi connectivity index (χ1) is 16.3. The minimum absolute atomic E-state index is 0.0152. The van der Waals surface area contributed by atoms with Gasteiger partial charge in [0.1, 0.15) is 17.3 Å². The predicted octanol–water partition coefficient (Wildman–Crippen LogP) is 4.92. The van der Waals surface area contributed by atoms with Crippen LogP contribution in [0.5, 0.6) is 5.75 Å². The summed E-state index contributed by atoms with van der Waals surface area (Å²) in [5.74, 6) is -1.59. The molecule has 0 radical (unpaired) electrons. The van der Waals surface area contributed by atoms with Crippen molar-refractivity contribution in [2.24, 2.45) is 0 Å². The molecule has 0 unspecified atom stereocenters. The molecule has 1 aliphatic heterocycles. The molecule has 0 atom stereocenters. The van der Waals surface area contributed by atoms with Crippen LogP contribution >= 0.6 is 0 Å². The van der Waals surface area contributed by atoms with Crippen LogP contribution in [0.15, 0.2) is 78.5 Å². The third-order valence-corrected chi connectivity index (χ3v) is 5.04. The minimum atomic E-state index is -0.744. The lowest BCUT2D eigenvalue weighted by molar-refractivity contribution is -0.384. The Morgan fingerprint density at radius 1 is 0.941 bits per heavy atom. The lowest BCUT2D eigenvalue weighted by atomic mass is 10.0. The van der Waals surface area contributed by atoms with E-state index in [0.29, 0.717) is 11.4 Å². The second-order valence-electron chi connectivity index (χ2n) is 7.77. The average molecular weight is 461 g/mol. The van der Waals surface area contributed by atoms with Crippen molar-refractivity contribution in [2.75, 3.05) is 10.2 Å². The fourth-order valence-corrected chi connectivity index (χ4v) is 3.55. The summed E-state index contributed by atoms with van der Waals surface area (Å²) in [6, 6.07) is 17.5. The number of carbonyl (C=O) groups is 2. The zero-order chi connectivity index (χ0) is 24.4. The SMILES string of the molecule is CC(C)Oc1ccc(NC2=C(c3ccc([N+](=O)[O-])cc3)C(=O)N(c3ccccc3F)C2=O)cc1. The number of para-hydroxylation sites is 1. The Labute approximate surface area is 194 Å². The smallest absolute Gasteiger partial charge is 0.282 e. The Bertz CT molecular complexity index is 1300. The number of rotatable bonds is 7. The number of halogens is 1. The molecule has 34 heavy (non-hydrogen) atoms. The lowest BCUT2D eigenvalue weighted by Gasteiger charge is -2.16. The summed E-state index contributed by atoms with van der Waals surface area (Å²) in [5.41, 5.74) is 0.342. The highest BCUT2D eigenvalue weighted by atomic mass is 19.1. The standard InChI is InChI=1S/C25H20FN3O5/c1-15(2)34-19-13-9-17(10-14-19)27-23-22(16-7-11-18(12-8-16)29(32)33)24(30)28(25(23)31)21-6-4-3-5-20(21)26/h3-15,27H,1-2H3. The van der Waals surface area contributed by atoms with Gasteiger partial charge in [0.15, 0.2) is 0 Å². The number of nitrogens with one attached hydrogen (secondary N) is 1. The fraction of sp³-hybridized carbons (Fsp3) is 0.120. The van der Waals surface area contributed by atoms with Gasteiger partial charge in [-0.3, -0.25) is 19.7 Å². The normalized spacial score (nSPS) is 13.6. The first-order valence-electron chi connectivity index (χ1n) is 10.4. The van der Waals surface area contributed by atoms with Gasteiger partial charge < -0.3 is 10.1 Å². The number of amides is 2. The molecule has 0 fully saturated rings. The van der Waals surface area contributed by atoms with E-state index in [1.807, 2.05) is 13.8 Å². The van der Waals surface area contributed by atoms with Gasteiger partial charge in [-0.15, -0.1) is 0 Å². The number of carbonyl (C=O) groups excluding carboxylic acids is 2. The number of anilines is 2. The van der Waals surface area contributed by atoms with Crippen LogP contribution in [0.1, 0.15) is 19.4 Å². The highest BCUT2D eigenvalue weighted by Crippen LogP contribution is 2.35. The van der Waals surface area contributed by atoms with Gasteiger partial charge in [-0.2, -0.15) is 0 Å². The van der Waals surface area contributed by atoms with E-state index in [2.05, 4.69) is 5.32 Å². The van der Waals surface area contributed by atoms with Gasteiger partial charge in [0, 0.05) is 17.8 Å². The lowest BCUT2D eigenvalue weighted by Crippen LogP contribution is -2.33. The van der Waals surface area contributed by atoms with E-state index in [9.17, 15) is 24.1 Å². The molecule has 0 saturated heterocycles. The first kappa shape index (κ1) is 22.7. The molecule has 9 heteroatoms. The zero-order valence-electron chi connectivity index (χ0n) is 18.3. The van der Waals surface area contributed by atoms with Gasteiger partial charge in [-0.25, -0.2) is 9.29 Å². The van der Waals surface area contributed by atoms with Crippen LogP contribution in [0.25, 0.3) is 5.57 Å². The monoisotopic (exact) mass is 461 g/mol. The molecule has 0 bridgehead atoms. The predicted molar refractivity (Wildman–Crippen MR) is 125 cm³/mol. The quantitative estimate of drug-likeness (QED) is 0.305. The highest BCUT2D eigenvalue weighted by Gasteiger charge is 2.41. The Hall–Kier alpha value is -4.53. The number of nitro groups is 1. The molecule has 0 aromatic heterocycles. The number of ether oxygens (including phenoxy) is 1. The molecule has 1 heterocycles. The summed E-state index contributed by atoms with van der Waals surface area (Å²) in [7, 11) is 0. The van der Waals surface area contributed by atoms with Crippen molar-refractivity contribution in [1.29, 1.82) is 0 Å². The maximum absolute atomic E-state index is 14.5. The molecule has 3 aromatic rings. The van der Waals surface area contributed by atoms with Crippen molar-refractivity contribution in [1.82, 2.24) is 0 Å². The summed E-state index contributed by atoms with van der Waals surface area (Å²) in [6.45, 7) is 3.79. The van der Waals surface area contributed by atoms with Crippen LogP contribution in [0.3, 0.4) is 0 Å². The molecular formula is C25H20FN3O5. The van der Waals surface area contributed by atoms with Crippen molar-refractivity contribution in [3.8, 4) is 5.75 Å². The van der Waals surface area contributed by atoms with Gasteiger partial charge >= 0.3 is 0 Å². The van der Waals surface area contributed by atoms with Gasteiger partial charge in [0.25, 0.3) is 17.5 Å². The molecule has 0 aliphatic carbocycles. The number of non-ortho nitro benzene ring substituents is 1. The van der Waals surface area contributed by atoms with E-state index in [1.54, 1.807) is 24.3 Å². The Balaban J connectivity index is 1.76. The van der Waals surface area contributed by atoms with E-state index in [4.69, 9.17) is 4.74 Å². The summed E-state index contributed by atoms with van der Waals surface area (Å²) < 4.78 is 20.1. The Morgan fingerprint density at radius 3 is 2.18 bits per heavy atom. The van der Waals surface area contributed by atoms with Gasteiger partial charge in [-0.1, -0.05) is 12.1 Å². The third-order valence-electron chi connectivity index (χ3n) is 5.04. The van der Waals surface area contributed by atoms with Crippen molar-refractivity contribution in [3.05, 3.63) is 100.0 Å². The van der Waals surface area contributed by atoms with Crippen molar-refractivity contribution in [2.45, 2.75) is 20.0 Å². The Kier molecular flexibility index (Phi) is 6.09. The molecule has 3 aromatic carbocycles. The first-order valence-corrected chi connectivity index (χ1v) is 10.4. The Morgan fingerprint density at radius 2 is 1.59 bits per heavy atom. The molecule has 4 rings (SSSR count). The zero-order valence-corrected chi connectivity index (χ0v) is 18.3. The second kappa shape index (κ2) is 9.14. The van der Waals surface area contributed by atoms with E-state index < -0.39 is 22.6 Å². The molecule has 172 valence electrons. The number of nitrogens with zero attached hydrogens (tertiary/aromatic N) is 2. The molecule has 0 saturated carbocycles. The number of nitro benzene ring substituents is 1. The molecule has 0 spiro atoms. The van der Waals surface area contributed by atoms with Crippen molar-refractivity contribution in [3.63, 3.8) is 0 Å². The third kappa shape index (κ3) is 4.36. The van der Waals surface area contributed by atoms with E-state index in [1.165, 1.54) is 42.5 Å². The number of benzene rings is 3. The van der Waals surface area contributed by atoms with Gasteiger partial charge in [0.2, 0.25) is 0 Å². The average Bonchev–Trinajstić information content (AvgIpc) is 3.04. The summed E-state index contributed by atoms with van der Waals surface area (Å²) in [5, 5.41) is 14.0. The highest BCUT2D eigenvalue weighted by molar-refractivity contribution is 6.46. The topological polar surface area (TPSA) is 102 Å². The van der Waals surface area contributed by atoms with Crippen LogP contribution in [-0.4, -0.2) is 22.8 Å². The molecule has 1 N–H and O–H groups in total. The molecule has 1 aliphatic rings. The molecular weight excluding hydrogens is 441 g/mol. The number of hydrogen-bond acceptors (Lipinski definition) is 6. The van der Waals surface area contributed by atoms with Crippen molar-refractivity contribution < 1.29 is 23.6 Å². The molecule has 8 nitrogen and oxygen atoms in total. The van der Waals surface area contributed by atoms with E-state index in [0.717, 1.165) is 11.0 Å². The fourth-order valence-electron chi connectivity index (χ4n) is 3.55. The van der Waals surface area contributed by atoms with Gasteiger partial charge in [-0.05, 0) is 67.9 Å². The number of hydrogen-bond donors (Lipinski definition) is 1. The largest absolute Gasteiger partial charge is 0.491 e. The number of imide groups is 1. The second-order valence-corrected chi connectivity index (χ2v) is 7.77. The van der Waals surface area contributed by atoms with E-state index >= 15 is 0 Å². The molecule has 2 amide bonds. The summed E-state index contributed by atoms with van der Waals surface area (Å²) in [4.78, 5) is 37.9. The summed E-state index contributed by atoms with van der Waals surface area (Å²) >= 11 is 0. The van der Waals surface area contributed by atoms with Crippen LogP contribution < -0.4 is 15.0 Å². The summed E-state index contributed by atoms with van der Waals surface area (Å²) in [6.07, 6.45) is -0.0152. The van der Waals surface area contributed by atoms with Crippen LogP contribution in [0.4, 0.5) is 21.5 Å². The van der Waals surface area contributed by atoms with Crippen LogP contribution in [-0.2, 0) is 9.59 Å². The van der Waals surface area contributed by atoms with Crippen LogP contribution in [0, 0.1) is 15.9 Å². The maximum atomic E-state index is 14.5. The van der Waals surface area contributed by atoms with E-state index in [-0.39, 0.29) is 34.3 Å². The van der Waals surface area contributed by atoms with Gasteiger partial charge in [0.05, 0.1) is 22.3 Å². The van der Waals surface area contributed by atoms with Crippen LogP contribution in [0.2, 0.25) is 0 Å². The minimum Gasteiger partial charge on any atom is -0.491 e. The maximum Gasteiger partial charge on any atom is 0.282 e.